The van der Waals surface area contributed by atoms with Crippen LogP contribution >= 0.6 is 0 Å². The Kier molecular flexibility index (Phi) is 3.24. The van der Waals surface area contributed by atoms with Gasteiger partial charge in [-0.2, -0.15) is 4.98 Å². The SMILES string of the molecule is C[C@H](c1cccnc1)n1cnc2cnc(-n3cnc4ccccc43)nc21. The number of aromatic nitrogens is 7. The van der Waals surface area contributed by atoms with Gasteiger partial charge in [0.05, 0.1) is 29.6 Å². The third-order valence-electron chi connectivity index (χ3n) is 4.56. The maximum absolute atomic E-state index is 4.77. The van der Waals surface area contributed by atoms with Crippen LogP contribution in [-0.2, 0) is 0 Å². The minimum atomic E-state index is 0.0657. The average Bonchev–Trinajstić information content (AvgIpc) is 3.32. The van der Waals surface area contributed by atoms with Gasteiger partial charge in [-0.05, 0) is 30.7 Å². The fourth-order valence-corrected chi connectivity index (χ4v) is 3.12. The Morgan fingerprint density at radius 3 is 2.65 bits per heavy atom. The minimum absolute atomic E-state index is 0.0657. The molecule has 0 unspecified atom stereocenters. The first-order chi connectivity index (χ1) is 12.8. The van der Waals surface area contributed by atoms with Crippen LogP contribution in [-0.4, -0.2) is 34.1 Å². The summed E-state index contributed by atoms with van der Waals surface area (Å²) in [6.07, 6.45) is 8.93. The van der Waals surface area contributed by atoms with E-state index < -0.39 is 0 Å². The quantitative estimate of drug-likeness (QED) is 0.504. The first kappa shape index (κ1) is 14.7. The number of rotatable bonds is 3. The molecular formula is C19H15N7. The molecule has 0 radical (unpaired) electrons. The van der Waals surface area contributed by atoms with Crippen molar-refractivity contribution in [2.45, 2.75) is 13.0 Å². The van der Waals surface area contributed by atoms with E-state index in [1.54, 1.807) is 25.0 Å². The normalized spacial score (nSPS) is 12.7. The highest BCUT2D eigenvalue weighted by atomic mass is 15.2. The van der Waals surface area contributed by atoms with Gasteiger partial charge in [0.25, 0.3) is 0 Å². The minimum Gasteiger partial charge on any atom is -0.308 e. The molecule has 5 rings (SSSR count). The molecular weight excluding hydrogens is 326 g/mol. The average molecular weight is 341 g/mol. The molecule has 4 aromatic heterocycles. The van der Waals surface area contributed by atoms with Crippen molar-refractivity contribution in [1.29, 1.82) is 0 Å². The number of fused-ring (bicyclic) bond motifs is 2. The molecule has 26 heavy (non-hydrogen) atoms. The van der Waals surface area contributed by atoms with Crippen molar-refractivity contribution < 1.29 is 0 Å². The molecule has 0 amide bonds. The number of hydrogen-bond donors (Lipinski definition) is 0. The van der Waals surface area contributed by atoms with Crippen LogP contribution in [0.3, 0.4) is 0 Å². The summed E-state index contributed by atoms with van der Waals surface area (Å²) in [4.78, 5) is 22.3. The van der Waals surface area contributed by atoms with Crippen LogP contribution in [0.25, 0.3) is 28.1 Å². The Morgan fingerprint density at radius 2 is 1.77 bits per heavy atom. The highest BCUT2D eigenvalue weighted by molar-refractivity contribution is 5.77. The van der Waals surface area contributed by atoms with Gasteiger partial charge in [-0.3, -0.25) is 9.55 Å². The standard InChI is InChI=1S/C19H15N7/c1-13(14-5-4-8-20-9-14)25-11-23-16-10-21-19(24-18(16)25)26-12-22-15-6-2-3-7-17(15)26/h2-13H,1H3/t13-/m1/s1. The third kappa shape index (κ3) is 2.25. The summed E-state index contributed by atoms with van der Waals surface area (Å²) in [6, 6.07) is 12.0. The molecule has 0 aliphatic heterocycles. The van der Waals surface area contributed by atoms with E-state index in [1.165, 1.54) is 0 Å². The molecule has 0 saturated heterocycles. The molecule has 0 saturated carbocycles. The molecule has 0 fully saturated rings. The van der Waals surface area contributed by atoms with Crippen LogP contribution in [0, 0.1) is 0 Å². The van der Waals surface area contributed by atoms with Crippen LogP contribution in [0.5, 0.6) is 0 Å². The first-order valence-corrected chi connectivity index (χ1v) is 8.33. The molecule has 4 heterocycles. The summed E-state index contributed by atoms with van der Waals surface area (Å²) in [7, 11) is 0. The van der Waals surface area contributed by atoms with E-state index >= 15 is 0 Å². The van der Waals surface area contributed by atoms with E-state index in [-0.39, 0.29) is 6.04 Å². The summed E-state index contributed by atoms with van der Waals surface area (Å²) in [5, 5.41) is 0. The number of imidazole rings is 2. The fourth-order valence-electron chi connectivity index (χ4n) is 3.12. The van der Waals surface area contributed by atoms with E-state index in [4.69, 9.17) is 4.98 Å². The zero-order valence-electron chi connectivity index (χ0n) is 14.1. The summed E-state index contributed by atoms with van der Waals surface area (Å²) < 4.78 is 3.93. The van der Waals surface area contributed by atoms with Crippen LogP contribution < -0.4 is 0 Å². The Labute approximate surface area is 149 Å². The molecule has 126 valence electrons. The van der Waals surface area contributed by atoms with E-state index in [1.807, 2.05) is 45.7 Å². The van der Waals surface area contributed by atoms with Crippen LogP contribution in [0.1, 0.15) is 18.5 Å². The topological polar surface area (TPSA) is 74.3 Å². The van der Waals surface area contributed by atoms with Gasteiger partial charge in [0.2, 0.25) is 5.95 Å². The van der Waals surface area contributed by atoms with E-state index in [9.17, 15) is 0 Å². The fraction of sp³-hybridized carbons (Fsp3) is 0.105. The number of para-hydroxylation sites is 2. The van der Waals surface area contributed by atoms with E-state index in [0.29, 0.717) is 5.95 Å². The molecule has 0 aliphatic rings. The number of hydrogen-bond acceptors (Lipinski definition) is 5. The molecule has 0 bridgehead atoms. The molecule has 7 nitrogen and oxygen atoms in total. The number of pyridine rings is 1. The Morgan fingerprint density at radius 1 is 0.885 bits per heavy atom. The van der Waals surface area contributed by atoms with E-state index in [2.05, 4.69) is 32.9 Å². The zero-order valence-corrected chi connectivity index (χ0v) is 14.1. The number of nitrogens with zero attached hydrogens (tertiary/aromatic N) is 7. The molecule has 0 aliphatic carbocycles. The molecule has 0 N–H and O–H groups in total. The van der Waals surface area contributed by atoms with Crippen LogP contribution in [0.15, 0.2) is 67.6 Å². The van der Waals surface area contributed by atoms with Crippen molar-refractivity contribution in [3.63, 3.8) is 0 Å². The van der Waals surface area contributed by atoms with Crippen LogP contribution in [0.2, 0.25) is 0 Å². The third-order valence-corrected chi connectivity index (χ3v) is 4.56. The monoisotopic (exact) mass is 341 g/mol. The second-order valence-electron chi connectivity index (χ2n) is 6.10. The van der Waals surface area contributed by atoms with Gasteiger partial charge in [-0.15, -0.1) is 0 Å². The largest absolute Gasteiger partial charge is 0.308 e. The summed E-state index contributed by atoms with van der Waals surface area (Å²) in [5.41, 5.74) is 4.52. The van der Waals surface area contributed by atoms with Crippen molar-refractivity contribution >= 4 is 22.2 Å². The second-order valence-corrected chi connectivity index (χ2v) is 6.10. The smallest absolute Gasteiger partial charge is 0.237 e. The van der Waals surface area contributed by atoms with Gasteiger partial charge in [0.15, 0.2) is 5.65 Å². The molecule has 0 spiro atoms. The van der Waals surface area contributed by atoms with Crippen molar-refractivity contribution in [1.82, 2.24) is 34.1 Å². The van der Waals surface area contributed by atoms with Crippen molar-refractivity contribution in [3.05, 3.63) is 73.2 Å². The van der Waals surface area contributed by atoms with Crippen molar-refractivity contribution in [3.8, 4) is 5.95 Å². The van der Waals surface area contributed by atoms with Gasteiger partial charge < -0.3 is 4.57 Å². The highest BCUT2D eigenvalue weighted by Crippen LogP contribution is 2.22. The first-order valence-electron chi connectivity index (χ1n) is 8.33. The lowest BCUT2D eigenvalue weighted by molar-refractivity contribution is 0.648. The van der Waals surface area contributed by atoms with Gasteiger partial charge in [-0.1, -0.05) is 18.2 Å². The molecule has 5 aromatic rings. The van der Waals surface area contributed by atoms with Gasteiger partial charge in [-0.25, -0.2) is 15.0 Å². The van der Waals surface area contributed by atoms with Crippen LogP contribution in [0.4, 0.5) is 0 Å². The molecule has 1 atom stereocenters. The predicted molar refractivity (Wildman–Crippen MR) is 98.0 cm³/mol. The van der Waals surface area contributed by atoms with Crippen molar-refractivity contribution in [2.24, 2.45) is 0 Å². The lowest BCUT2D eigenvalue weighted by atomic mass is 10.1. The van der Waals surface area contributed by atoms with Gasteiger partial charge >= 0.3 is 0 Å². The summed E-state index contributed by atoms with van der Waals surface area (Å²) in [5.74, 6) is 0.575. The van der Waals surface area contributed by atoms with E-state index in [0.717, 1.165) is 27.8 Å². The van der Waals surface area contributed by atoms with Crippen molar-refractivity contribution in [2.75, 3.05) is 0 Å². The maximum atomic E-state index is 4.77. The molecule has 7 heteroatoms. The predicted octanol–water partition coefficient (Wildman–Crippen LogP) is 3.17. The lowest BCUT2D eigenvalue weighted by Crippen LogP contribution is -2.08. The maximum Gasteiger partial charge on any atom is 0.237 e. The summed E-state index contributed by atoms with van der Waals surface area (Å²) >= 11 is 0. The molecule has 1 aromatic carbocycles. The number of benzene rings is 1. The second kappa shape index (κ2) is 5.73. The highest BCUT2D eigenvalue weighted by Gasteiger charge is 2.15. The van der Waals surface area contributed by atoms with Gasteiger partial charge in [0.1, 0.15) is 11.8 Å². The summed E-state index contributed by atoms with van der Waals surface area (Å²) in [6.45, 7) is 2.10. The lowest BCUT2D eigenvalue weighted by Gasteiger charge is -2.14. The Bertz CT molecular complexity index is 1210. The Balaban J connectivity index is 1.66. The zero-order chi connectivity index (χ0) is 17.5. The van der Waals surface area contributed by atoms with Gasteiger partial charge in [0, 0.05) is 12.4 Å². The Hall–Kier alpha value is -3.61.